The average Bonchev–Trinajstić information content (AvgIpc) is 2.08. The van der Waals surface area contributed by atoms with Crippen molar-refractivity contribution in [1.82, 2.24) is 0 Å². The number of carbonyl (C=O) groups is 1. The van der Waals surface area contributed by atoms with Gasteiger partial charge >= 0.3 is 0 Å². The Morgan fingerprint density at radius 3 is 2.33 bits per heavy atom. The van der Waals surface area contributed by atoms with Crippen molar-refractivity contribution >= 4 is 5.78 Å². The number of hydrogen-bond acceptors (Lipinski definition) is 5. The van der Waals surface area contributed by atoms with Crippen LogP contribution in [0.15, 0.2) is 11.6 Å². The molecule has 12 heavy (non-hydrogen) atoms. The lowest BCUT2D eigenvalue weighted by molar-refractivity contribution is -0.134. The zero-order chi connectivity index (χ0) is 9.30. The lowest BCUT2D eigenvalue weighted by Crippen LogP contribution is -2.46. The summed E-state index contributed by atoms with van der Waals surface area (Å²) in [5, 5.41) is 35.7. The van der Waals surface area contributed by atoms with Gasteiger partial charge in [-0.25, -0.2) is 0 Å². The van der Waals surface area contributed by atoms with E-state index in [1.54, 1.807) is 0 Å². The number of ketones is 1. The Morgan fingerprint density at radius 1 is 1.25 bits per heavy atom. The molecule has 0 heterocycles. The molecule has 0 bridgehead atoms. The number of carbonyl (C=O) groups excluding carboxylic acids is 1. The van der Waals surface area contributed by atoms with Crippen LogP contribution in [0.5, 0.6) is 0 Å². The van der Waals surface area contributed by atoms with E-state index in [9.17, 15) is 4.79 Å². The number of rotatable bonds is 1. The van der Waals surface area contributed by atoms with Crippen LogP contribution in [0.3, 0.4) is 0 Å². The van der Waals surface area contributed by atoms with Gasteiger partial charge < -0.3 is 20.4 Å². The van der Waals surface area contributed by atoms with Gasteiger partial charge in [0, 0.05) is 0 Å². The van der Waals surface area contributed by atoms with Crippen LogP contribution in [-0.4, -0.2) is 51.1 Å². The minimum Gasteiger partial charge on any atom is -0.392 e. The average molecular weight is 174 g/mol. The maximum Gasteiger partial charge on any atom is 0.187 e. The van der Waals surface area contributed by atoms with Crippen LogP contribution in [0.4, 0.5) is 0 Å². The third kappa shape index (κ3) is 1.39. The summed E-state index contributed by atoms with van der Waals surface area (Å²) in [7, 11) is 0. The van der Waals surface area contributed by atoms with Gasteiger partial charge in [0.2, 0.25) is 0 Å². The summed E-state index contributed by atoms with van der Waals surface area (Å²) in [5.41, 5.74) is 0.0257. The molecule has 0 unspecified atom stereocenters. The molecule has 5 nitrogen and oxygen atoms in total. The van der Waals surface area contributed by atoms with Crippen LogP contribution in [0.2, 0.25) is 0 Å². The van der Waals surface area contributed by atoms with Gasteiger partial charge in [-0.3, -0.25) is 4.79 Å². The molecule has 0 aromatic carbocycles. The smallest absolute Gasteiger partial charge is 0.187 e. The molecule has 0 radical (unpaired) electrons. The predicted octanol–water partition coefficient (Wildman–Crippen LogP) is -2.43. The Labute approximate surface area is 68.6 Å². The summed E-state index contributed by atoms with van der Waals surface area (Å²) < 4.78 is 0. The van der Waals surface area contributed by atoms with Gasteiger partial charge in [-0.1, -0.05) is 0 Å². The molecule has 4 N–H and O–H groups in total. The molecular formula is C7H10O5. The van der Waals surface area contributed by atoms with Gasteiger partial charge in [0.25, 0.3) is 0 Å². The SMILES string of the molecule is O=C1C=C(CO)[C@@H](O)[C@@H](O)[C@H]1O. The van der Waals surface area contributed by atoms with Gasteiger partial charge in [-0.05, 0) is 11.6 Å². The molecule has 0 saturated carbocycles. The van der Waals surface area contributed by atoms with Crippen molar-refractivity contribution < 1.29 is 25.2 Å². The number of aliphatic hydroxyl groups is 4. The normalized spacial score (nSPS) is 36.5. The summed E-state index contributed by atoms with van der Waals surface area (Å²) in [6, 6.07) is 0. The Bertz CT molecular complexity index is 222. The summed E-state index contributed by atoms with van der Waals surface area (Å²) in [4.78, 5) is 10.8. The minimum atomic E-state index is -1.59. The molecule has 0 amide bonds. The summed E-state index contributed by atoms with van der Waals surface area (Å²) >= 11 is 0. The zero-order valence-corrected chi connectivity index (χ0v) is 6.21. The first-order valence-corrected chi connectivity index (χ1v) is 3.47. The topological polar surface area (TPSA) is 98.0 Å². The summed E-state index contributed by atoms with van der Waals surface area (Å²) in [5.74, 6) is -0.697. The van der Waals surface area contributed by atoms with Crippen molar-refractivity contribution in [3.63, 3.8) is 0 Å². The standard InChI is InChI=1S/C7H10O5/c8-2-3-1-4(9)6(11)7(12)5(3)10/h1,5-8,10-12H,2H2/t5-,6+,7-/m1/s1. The van der Waals surface area contributed by atoms with Crippen molar-refractivity contribution in [1.29, 1.82) is 0 Å². The van der Waals surface area contributed by atoms with Crippen LogP contribution in [0.25, 0.3) is 0 Å². The van der Waals surface area contributed by atoms with E-state index >= 15 is 0 Å². The highest BCUT2D eigenvalue weighted by atomic mass is 16.4. The van der Waals surface area contributed by atoms with Crippen LogP contribution in [-0.2, 0) is 4.79 Å². The van der Waals surface area contributed by atoms with E-state index < -0.39 is 30.7 Å². The molecule has 0 fully saturated rings. The maximum absolute atomic E-state index is 10.8. The molecule has 1 aliphatic rings. The zero-order valence-electron chi connectivity index (χ0n) is 6.21. The molecule has 0 aromatic rings. The predicted molar refractivity (Wildman–Crippen MR) is 38.2 cm³/mol. The molecular weight excluding hydrogens is 164 g/mol. The second-order valence-electron chi connectivity index (χ2n) is 2.66. The van der Waals surface area contributed by atoms with E-state index in [0.29, 0.717) is 0 Å². The Morgan fingerprint density at radius 2 is 1.83 bits per heavy atom. The second-order valence-corrected chi connectivity index (χ2v) is 2.66. The molecule has 1 rings (SSSR count). The Balaban J connectivity index is 2.91. The fraction of sp³-hybridized carbons (Fsp3) is 0.571. The fourth-order valence-electron chi connectivity index (χ4n) is 1.05. The Hall–Kier alpha value is -0.750. The van der Waals surface area contributed by atoms with Crippen LogP contribution < -0.4 is 0 Å². The highest BCUT2D eigenvalue weighted by Crippen LogP contribution is 2.16. The highest BCUT2D eigenvalue weighted by molar-refractivity contribution is 5.95. The van der Waals surface area contributed by atoms with E-state index in [-0.39, 0.29) is 5.57 Å². The van der Waals surface area contributed by atoms with Gasteiger partial charge in [-0.15, -0.1) is 0 Å². The van der Waals surface area contributed by atoms with E-state index in [1.165, 1.54) is 0 Å². The van der Waals surface area contributed by atoms with E-state index in [2.05, 4.69) is 0 Å². The van der Waals surface area contributed by atoms with Gasteiger partial charge in [0.15, 0.2) is 5.78 Å². The van der Waals surface area contributed by atoms with Crippen LogP contribution in [0.1, 0.15) is 0 Å². The van der Waals surface area contributed by atoms with Crippen molar-refractivity contribution in [2.45, 2.75) is 18.3 Å². The van der Waals surface area contributed by atoms with Gasteiger partial charge in [0.1, 0.15) is 18.3 Å². The van der Waals surface area contributed by atoms with Crippen LogP contribution >= 0.6 is 0 Å². The van der Waals surface area contributed by atoms with E-state index in [1.807, 2.05) is 0 Å². The van der Waals surface area contributed by atoms with Gasteiger partial charge in [0.05, 0.1) is 6.61 Å². The van der Waals surface area contributed by atoms with E-state index in [0.717, 1.165) is 6.08 Å². The first-order valence-electron chi connectivity index (χ1n) is 3.47. The molecule has 0 aliphatic heterocycles. The van der Waals surface area contributed by atoms with E-state index in [4.69, 9.17) is 20.4 Å². The van der Waals surface area contributed by atoms with Crippen molar-refractivity contribution in [2.24, 2.45) is 0 Å². The lowest BCUT2D eigenvalue weighted by Gasteiger charge is -2.26. The fourth-order valence-corrected chi connectivity index (χ4v) is 1.05. The monoisotopic (exact) mass is 174 g/mol. The molecule has 0 aromatic heterocycles. The third-order valence-electron chi connectivity index (χ3n) is 1.83. The van der Waals surface area contributed by atoms with Crippen LogP contribution in [0, 0.1) is 0 Å². The molecule has 68 valence electrons. The third-order valence-corrected chi connectivity index (χ3v) is 1.83. The highest BCUT2D eigenvalue weighted by Gasteiger charge is 2.35. The Kier molecular flexibility index (Phi) is 2.58. The number of hydrogen-bond donors (Lipinski definition) is 4. The second kappa shape index (κ2) is 3.32. The summed E-state index contributed by atoms with van der Waals surface area (Å²) in [6.45, 7) is -0.503. The largest absolute Gasteiger partial charge is 0.392 e. The number of aliphatic hydroxyl groups excluding tert-OH is 4. The minimum absolute atomic E-state index is 0.0257. The molecule has 5 heteroatoms. The first-order chi connectivity index (χ1) is 5.57. The maximum atomic E-state index is 10.8. The van der Waals surface area contributed by atoms with Crippen molar-refractivity contribution in [3.8, 4) is 0 Å². The molecule has 1 aliphatic carbocycles. The molecule has 0 saturated heterocycles. The first kappa shape index (κ1) is 9.34. The quantitative estimate of drug-likeness (QED) is 0.354. The summed E-state index contributed by atoms with van der Waals surface area (Å²) in [6.07, 6.45) is -3.54. The van der Waals surface area contributed by atoms with Crippen molar-refractivity contribution in [3.05, 3.63) is 11.6 Å². The van der Waals surface area contributed by atoms with Gasteiger partial charge in [-0.2, -0.15) is 0 Å². The molecule has 3 atom stereocenters. The molecule has 0 spiro atoms. The van der Waals surface area contributed by atoms with Crippen molar-refractivity contribution in [2.75, 3.05) is 6.61 Å². The lowest BCUT2D eigenvalue weighted by atomic mass is 9.91.